The van der Waals surface area contributed by atoms with E-state index in [1.54, 1.807) is 6.07 Å². The SMILES string of the molecule is CC1(C)CC(C)(C)c2cc(C(=O)Oc3ccc(CC(=O)O)c(F)c3)cc(C#N)c2O1. The number of benzene rings is 2. The Morgan fingerprint density at radius 1 is 1.23 bits per heavy atom. The molecule has 0 spiro atoms. The van der Waals surface area contributed by atoms with Gasteiger partial charge in [0.05, 0.1) is 17.5 Å². The zero-order chi connectivity index (χ0) is 22.3. The molecule has 0 bridgehead atoms. The molecule has 156 valence electrons. The van der Waals surface area contributed by atoms with Crippen LogP contribution in [0.3, 0.4) is 0 Å². The van der Waals surface area contributed by atoms with E-state index in [2.05, 4.69) is 6.07 Å². The smallest absolute Gasteiger partial charge is 0.343 e. The highest BCUT2D eigenvalue weighted by Gasteiger charge is 2.40. The molecule has 2 aromatic carbocycles. The van der Waals surface area contributed by atoms with E-state index in [0.717, 1.165) is 11.6 Å². The van der Waals surface area contributed by atoms with Crippen molar-refractivity contribution in [3.8, 4) is 17.6 Å². The van der Waals surface area contributed by atoms with Gasteiger partial charge >= 0.3 is 11.9 Å². The van der Waals surface area contributed by atoms with E-state index in [0.29, 0.717) is 12.2 Å². The number of carbonyl (C=O) groups excluding carboxylic acids is 1. The number of aliphatic carboxylic acids is 1. The van der Waals surface area contributed by atoms with Crippen LogP contribution in [0.1, 0.15) is 61.2 Å². The second kappa shape index (κ2) is 7.45. The van der Waals surface area contributed by atoms with E-state index in [-0.39, 0.29) is 27.9 Å². The lowest BCUT2D eigenvalue weighted by molar-refractivity contribution is -0.136. The molecule has 7 heteroatoms. The average Bonchev–Trinajstić information content (AvgIpc) is 2.61. The number of nitriles is 1. The van der Waals surface area contributed by atoms with Gasteiger partial charge in [-0.15, -0.1) is 0 Å². The number of nitrogens with zero attached hydrogens (tertiary/aromatic N) is 1. The van der Waals surface area contributed by atoms with Crippen LogP contribution in [-0.2, 0) is 16.6 Å². The van der Waals surface area contributed by atoms with Crippen LogP contribution in [0.25, 0.3) is 0 Å². The Morgan fingerprint density at radius 3 is 2.53 bits per heavy atom. The highest BCUT2D eigenvalue weighted by atomic mass is 19.1. The number of carbonyl (C=O) groups is 2. The molecule has 1 heterocycles. The first kappa shape index (κ1) is 21.3. The Labute approximate surface area is 173 Å². The number of halogens is 1. The minimum absolute atomic E-state index is 0.00985. The summed E-state index contributed by atoms with van der Waals surface area (Å²) >= 11 is 0. The first-order valence-electron chi connectivity index (χ1n) is 9.42. The third-order valence-electron chi connectivity index (χ3n) is 5.00. The van der Waals surface area contributed by atoms with Crippen molar-refractivity contribution in [1.82, 2.24) is 0 Å². The number of carboxylic acid groups (broad SMARTS) is 1. The van der Waals surface area contributed by atoms with Crippen molar-refractivity contribution in [2.24, 2.45) is 0 Å². The first-order valence-corrected chi connectivity index (χ1v) is 9.42. The maximum Gasteiger partial charge on any atom is 0.343 e. The molecule has 1 aliphatic heterocycles. The van der Waals surface area contributed by atoms with Crippen LogP contribution >= 0.6 is 0 Å². The molecular formula is C23H22FNO5. The number of hydrogen-bond donors (Lipinski definition) is 1. The van der Waals surface area contributed by atoms with E-state index in [9.17, 15) is 19.2 Å². The van der Waals surface area contributed by atoms with Gasteiger partial charge < -0.3 is 14.6 Å². The molecule has 0 unspecified atom stereocenters. The summed E-state index contributed by atoms with van der Waals surface area (Å²) in [6, 6.07) is 8.68. The maximum atomic E-state index is 14.1. The van der Waals surface area contributed by atoms with Gasteiger partial charge in [-0.1, -0.05) is 19.9 Å². The number of carboxylic acids is 1. The molecule has 0 atom stereocenters. The quantitative estimate of drug-likeness (QED) is 0.592. The van der Waals surface area contributed by atoms with Gasteiger partial charge in [0.1, 0.15) is 29.0 Å². The van der Waals surface area contributed by atoms with Crippen LogP contribution < -0.4 is 9.47 Å². The van der Waals surface area contributed by atoms with Crippen molar-refractivity contribution in [1.29, 1.82) is 5.26 Å². The third kappa shape index (κ3) is 4.28. The fraction of sp³-hybridized carbons (Fsp3) is 0.348. The number of esters is 1. The Hall–Kier alpha value is -3.40. The fourth-order valence-corrected chi connectivity index (χ4v) is 3.98. The molecule has 0 radical (unpaired) electrons. The normalized spacial score (nSPS) is 16.0. The Kier molecular flexibility index (Phi) is 5.29. The highest BCUT2D eigenvalue weighted by Crippen LogP contribution is 2.46. The molecule has 3 rings (SSSR count). The molecule has 0 aromatic heterocycles. The Morgan fingerprint density at radius 2 is 1.93 bits per heavy atom. The van der Waals surface area contributed by atoms with Crippen molar-refractivity contribution < 1.29 is 28.6 Å². The van der Waals surface area contributed by atoms with E-state index < -0.39 is 29.8 Å². The van der Waals surface area contributed by atoms with Crippen LogP contribution in [0.4, 0.5) is 4.39 Å². The Balaban J connectivity index is 1.94. The largest absolute Gasteiger partial charge is 0.486 e. The van der Waals surface area contributed by atoms with Crippen LogP contribution in [0.15, 0.2) is 30.3 Å². The number of fused-ring (bicyclic) bond motifs is 1. The molecule has 1 aliphatic rings. The standard InChI is InChI=1S/C23H22FNO5/c1-22(2)12-23(3,4)30-20-15(11-25)7-14(8-17(20)22)21(28)29-16-6-5-13(9-19(26)27)18(24)10-16/h5-8,10H,9,12H2,1-4H3,(H,26,27). The number of ether oxygens (including phenoxy) is 2. The topological polar surface area (TPSA) is 96.6 Å². The van der Waals surface area contributed by atoms with Crippen molar-refractivity contribution >= 4 is 11.9 Å². The predicted octanol–water partition coefficient (Wildman–Crippen LogP) is 4.38. The summed E-state index contributed by atoms with van der Waals surface area (Å²) in [5, 5.41) is 18.4. The van der Waals surface area contributed by atoms with E-state index in [1.807, 2.05) is 27.7 Å². The lowest BCUT2D eigenvalue weighted by Gasteiger charge is -2.42. The molecule has 0 saturated carbocycles. The van der Waals surface area contributed by atoms with Crippen molar-refractivity contribution in [2.45, 2.75) is 51.6 Å². The van der Waals surface area contributed by atoms with Gasteiger partial charge in [-0.25, -0.2) is 9.18 Å². The van der Waals surface area contributed by atoms with Gasteiger partial charge in [-0.2, -0.15) is 5.26 Å². The summed E-state index contributed by atoms with van der Waals surface area (Å²) in [5.41, 5.74) is 0.295. The summed E-state index contributed by atoms with van der Waals surface area (Å²) in [6.45, 7) is 7.93. The van der Waals surface area contributed by atoms with Crippen LogP contribution in [0, 0.1) is 17.1 Å². The molecule has 0 fully saturated rings. The zero-order valence-electron chi connectivity index (χ0n) is 17.2. The monoisotopic (exact) mass is 411 g/mol. The first-order chi connectivity index (χ1) is 13.9. The molecule has 6 nitrogen and oxygen atoms in total. The average molecular weight is 411 g/mol. The summed E-state index contributed by atoms with van der Waals surface area (Å²) < 4.78 is 25.3. The summed E-state index contributed by atoms with van der Waals surface area (Å²) in [6.07, 6.45) is 0.217. The third-order valence-corrected chi connectivity index (χ3v) is 5.00. The van der Waals surface area contributed by atoms with Crippen LogP contribution in [0.5, 0.6) is 11.5 Å². The molecule has 2 aromatic rings. The molecular weight excluding hydrogens is 389 g/mol. The lowest BCUT2D eigenvalue weighted by Crippen LogP contribution is -2.41. The predicted molar refractivity (Wildman–Crippen MR) is 106 cm³/mol. The summed E-state index contributed by atoms with van der Waals surface area (Å²) in [7, 11) is 0. The van der Waals surface area contributed by atoms with Gasteiger partial charge in [0.15, 0.2) is 0 Å². The molecule has 0 amide bonds. The Bertz CT molecular complexity index is 1080. The minimum Gasteiger partial charge on any atom is -0.486 e. The molecule has 30 heavy (non-hydrogen) atoms. The fourth-order valence-electron chi connectivity index (χ4n) is 3.98. The molecule has 1 N–H and O–H groups in total. The lowest BCUT2D eigenvalue weighted by atomic mass is 9.72. The number of rotatable bonds is 4. The van der Waals surface area contributed by atoms with Gasteiger partial charge in [0, 0.05) is 11.6 Å². The minimum atomic E-state index is -1.16. The zero-order valence-corrected chi connectivity index (χ0v) is 17.2. The second-order valence-corrected chi connectivity index (χ2v) is 8.65. The van der Waals surface area contributed by atoms with Crippen LogP contribution in [-0.4, -0.2) is 22.6 Å². The summed E-state index contributed by atoms with van der Waals surface area (Å²) in [4.78, 5) is 23.4. The van der Waals surface area contributed by atoms with Crippen molar-refractivity contribution in [3.63, 3.8) is 0 Å². The van der Waals surface area contributed by atoms with Gasteiger partial charge in [-0.05, 0) is 49.4 Å². The second-order valence-electron chi connectivity index (χ2n) is 8.65. The van der Waals surface area contributed by atoms with E-state index in [1.165, 1.54) is 18.2 Å². The van der Waals surface area contributed by atoms with Crippen LogP contribution in [0.2, 0.25) is 0 Å². The van der Waals surface area contributed by atoms with E-state index in [4.69, 9.17) is 14.6 Å². The molecule has 0 saturated heterocycles. The summed E-state index contributed by atoms with van der Waals surface area (Å²) in [5.74, 6) is -2.29. The van der Waals surface area contributed by atoms with Crippen molar-refractivity contribution in [2.75, 3.05) is 0 Å². The molecule has 0 aliphatic carbocycles. The maximum absolute atomic E-state index is 14.1. The number of hydrogen-bond acceptors (Lipinski definition) is 5. The van der Waals surface area contributed by atoms with Crippen molar-refractivity contribution in [3.05, 3.63) is 58.4 Å². The van der Waals surface area contributed by atoms with Gasteiger partial charge in [0.25, 0.3) is 0 Å². The van der Waals surface area contributed by atoms with Gasteiger partial charge in [-0.3, -0.25) is 4.79 Å². The van der Waals surface area contributed by atoms with E-state index >= 15 is 0 Å². The highest BCUT2D eigenvalue weighted by molar-refractivity contribution is 5.92. The van der Waals surface area contributed by atoms with Gasteiger partial charge in [0.2, 0.25) is 0 Å².